The lowest BCUT2D eigenvalue weighted by atomic mass is 10.2. The van der Waals surface area contributed by atoms with Crippen molar-refractivity contribution in [3.8, 4) is 0 Å². The molecule has 1 N–H and O–H groups in total. The van der Waals surface area contributed by atoms with Crippen molar-refractivity contribution in [2.45, 2.75) is 24.6 Å². The molecule has 3 nitrogen and oxygen atoms in total. The number of amides is 1. The third-order valence-electron chi connectivity index (χ3n) is 2.97. The summed E-state index contributed by atoms with van der Waals surface area (Å²) in [7, 11) is 0. The van der Waals surface area contributed by atoms with Gasteiger partial charge in [0.15, 0.2) is 0 Å². The Labute approximate surface area is 110 Å². The van der Waals surface area contributed by atoms with Crippen molar-refractivity contribution in [2.24, 2.45) is 0 Å². The fourth-order valence-electron chi connectivity index (χ4n) is 2.05. The standard InChI is InChI=1S/C13H17BrN2O/c1-10(14)13(17)15-11-6-2-3-7-12(11)16-8-4-5-9-16/h2-3,6-7,10H,4-5,8-9H2,1H3,(H,15,17). The van der Waals surface area contributed by atoms with Crippen molar-refractivity contribution in [3.63, 3.8) is 0 Å². The van der Waals surface area contributed by atoms with E-state index in [0.29, 0.717) is 0 Å². The van der Waals surface area contributed by atoms with E-state index in [4.69, 9.17) is 0 Å². The number of halogens is 1. The monoisotopic (exact) mass is 296 g/mol. The normalized spacial score (nSPS) is 16.9. The summed E-state index contributed by atoms with van der Waals surface area (Å²) in [5, 5.41) is 2.96. The minimum Gasteiger partial charge on any atom is -0.370 e. The predicted molar refractivity (Wildman–Crippen MR) is 74.9 cm³/mol. The zero-order valence-electron chi connectivity index (χ0n) is 9.95. The summed E-state index contributed by atoms with van der Waals surface area (Å²) < 4.78 is 0. The Kier molecular flexibility index (Phi) is 4.05. The van der Waals surface area contributed by atoms with Crippen LogP contribution in [0.4, 0.5) is 11.4 Å². The van der Waals surface area contributed by atoms with Crippen LogP contribution in [0.15, 0.2) is 24.3 Å². The maximum absolute atomic E-state index is 11.7. The molecule has 92 valence electrons. The van der Waals surface area contributed by atoms with Gasteiger partial charge < -0.3 is 10.2 Å². The van der Waals surface area contributed by atoms with Crippen LogP contribution in [-0.4, -0.2) is 23.8 Å². The molecule has 0 spiro atoms. The summed E-state index contributed by atoms with van der Waals surface area (Å²) in [6.45, 7) is 3.99. The molecule has 4 heteroatoms. The Balaban J connectivity index is 2.18. The number of anilines is 2. The minimum atomic E-state index is -0.172. The van der Waals surface area contributed by atoms with Gasteiger partial charge in [-0.25, -0.2) is 0 Å². The summed E-state index contributed by atoms with van der Waals surface area (Å²) in [5.41, 5.74) is 2.04. The maximum Gasteiger partial charge on any atom is 0.237 e. The Hall–Kier alpha value is -1.03. The number of hydrogen-bond acceptors (Lipinski definition) is 2. The predicted octanol–water partition coefficient (Wildman–Crippen LogP) is 3.01. The van der Waals surface area contributed by atoms with Gasteiger partial charge in [0.05, 0.1) is 16.2 Å². The van der Waals surface area contributed by atoms with Gasteiger partial charge in [0, 0.05) is 13.1 Å². The smallest absolute Gasteiger partial charge is 0.237 e. The highest BCUT2D eigenvalue weighted by Crippen LogP contribution is 2.28. The van der Waals surface area contributed by atoms with E-state index >= 15 is 0 Å². The van der Waals surface area contributed by atoms with Gasteiger partial charge in [-0.2, -0.15) is 0 Å². The molecule has 1 amide bonds. The number of carbonyl (C=O) groups is 1. The second-order valence-electron chi connectivity index (χ2n) is 4.32. The molecule has 0 bridgehead atoms. The van der Waals surface area contributed by atoms with E-state index in [2.05, 4.69) is 32.2 Å². The largest absolute Gasteiger partial charge is 0.370 e. The molecule has 0 radical (unpaired) electrons. The van der Waals surface area contributed by atoms with Crippen molar-refractivity contribution < 1.29 is 4.79 Å². The summed E-state index contributed by atoms with van der Waals surface area (Å²) in [6, 6.07) is 8.00. The second-order valence-corrected chi connectivity index (χ2v) is 5.69. The minimum absolute atomic E-state index is 0.00310. The molecule has 0 saturated carbocycles. The van der Waals surface area contributed by atoms with Crippen molar-refractivity contribution in [2.75, 3.05) is 23.3 Å². The van der Waals surface area contributed by atoms with E-state index in [9.17, 15) is 4.79 Å². The lowest BCUT2D eigenvalue weighted by Gasteiger charge is -2.21. The molecule has 0 aromatic heterocycles. The van der Waals surface area contributed by atoms with E-state index in [1.54, 1.807) is 0 Å². The van der Waals surface area contributed by atoms with Crippen molar-refractivity contribution in [1.82, 2.24) is 0 Å². The topological polar surface area (TPSA) is 32.3 Å². The fraction of sp³-hybridized carbons (Fsp3) is 0.462. The van der Waals surface area contributed by atoms with Crippen LogP contribution in [0.3, 0.4) is 0 Å². The molecule has 2 rings (SSSR count). The third-order valence-corrected chi connectivity index (χ3v) is 3.39. The van der Waals surface area contributed by atoms with Crippen molar-refractivity contribution >= 4 is 33.2 Å². The van der Waals surface area contributed by atoms with Crippen LogP contribution in [0.5, 0.6) is 0 Å². The highest BCUT2D eigenvalue weighted by molar-refractivity contribution is 9.10. The Bertz CT molecular complexity index is 400. The summed E-state index contributed by atoms with van der Waals surface area (Å²) in [4.78, 5) is 13.9. The first kappa shape index (κ1) is 12.4. The molecule has 1 aromatic rings. The summed E-state index contributed by atoms with van der Waals surface area (Å²) in [6.07, 6.45) is 2.47. The zero-order chi connectivity index (χ0) is 12.3. The molecule has 1 heterocycles. The number of para-hydroxylation sites is 2. The van der Waals surface area contributed by atoms with E-state index in [0.717, 1.165) is 24.5 Å². The molecule has 1 saturated heterocycles. The van der Waals surface area contributed by atoms with E-state index in [1.165, 1.54) is 12.8 Å². The lowest BCUT2D eigenvalue weighted by Crippen LogP contribution is -2.24. The number of rotatable bonds is 3. The van der Waals surface area contributed by atoms with Crippen LogP contribution in [0.2, 0.25) is 0 Å². The average Bonchev–Trinajstić information content (AvgIpc) is 2.83. The second kappa shape index (κ2) is 5.54. The van der Waals surface area contributed by atoms with Gasteiger partial charge in [0.2, 0.25) is 5.91 Å². The molecule has 1 unspecified atom stereocenters. The van der Waals surface area contributed by atoms with E-state index in [-0.39, 0.29) is 10.7 Å². The van der Waals surface area contributed by atoms with Crippen LogP contribution >= 0.6 is 15.9 Å². The summed E-state index contributed by atoms with van der Waals surface area (Å²) >= 11 is 3.28. The quantitative estimate of drug-likeness (QED) is 0.870. The lowest BCUT2D eigenvalue weighted by molar-refractivity contribution is -0.115. The van der Waals surface area contributed by atoms with Crippen LogP contribution in [0, 0.1) is 0 Å². The average molecular weight is 297 g/mol. The molecule has 1 aromatic carbocycles. The van der Waals surface area contributed by atoms with Gasteiger partial charge in [-0.1, -0.05) is 28.1 Å². The molecular formula is C13H17BrN2O. The Morgan fingerprint density at radius 3 is 2.65 bits per heavy atom. The van der Waals surface area contributed by atoms with Crippen LogP contribution in [-0.2, 0) is 4.79 Å². The van der Waals surface area contributed by atoms with Crippen LogP contribution in [0.25, 0.3) is 0 Å². The molecule has 17 heavy (non-hydrogen) atoms. The van der Waals surface area contributed by atoms with Crippen molar-refractivity contribution in [3.05, 3.63) is 24.3 Å². The number of nitrogens with one attached hydrogen (secondary N) is 1. The molecule has 1 aliphatic rings. The van der Waals surface area contributed by atoms with Gasteiger partial charge in [0.1, 0.15) is 0 Å². The van der Waals surface area contributed by atoms with Gasteiger partial charge in [-0.3, -0.25) is 4.79 Å². The molecule has 1 aliphatic heterocycles. The SMILES string of the molecule is CC(Br)C(=O)Nc1ccccc1N1CCCC1. The number of alkyl halides is 1. The summed E-state index contributed by atoms with van der Waals surface area (Å²) in [5.74, 6) is -0.00310. The first-order chi connectivity index (χ1) is 8.18. The van der Waals surface area contributed by atoms with Gasteiger partial charge >= 0.3 is 0 Å². The first-order valence-corrected chi connectivity index (χ1v) is 6.89. The number of benzene rings is 1. The maximum atomic E-state index is 11.7. The van der Waals surface area contributed by atoms with E-state index in [1.807, 2.05) is 25.1 Å². The molecule has 1 atom stereocenters. The number of hydrogen-bond donors (Lipinski definition) is 1. The Morgan fingerprint density at radius 2 is 2.00 bits per heavy atom. The fourth-order valence-corrected chi connectivity index (χ4v) is 2.16. The third kappa shape index (κ3) is 3.00. The molecular weight excluding hydrogens is 280 g/mol. The van der Waals surface area contributed by atoms with Gasteiger partial charge in [-0.05, 0) is 31.9 Å². The highest BCUT2D eigenvalue weighted by Gasteiger charge is 2.17. The van der Waals surface area contributed by atoms with Gasteiger partial charge in [0.25, 0.3) is 0 Å². The number of nitrogens with zero attached hydrogens (tertiary/aromatic N) is 1. The van der Waals surface area contributed by atoms with Gasteiger partial charge in [-0.15, -0.1) is 0 Å². The van der Waals surface area contributed by atoms with Crippen LogP contribution in [0.1, 0.15) is 19.8 Å². The zero-order valence-corrected chi connectivity index (χ0v) is 11.5. The van der Waals surface area contributed by atoms with E-state index < -0.39 is 0 Å². The van der Waals surface area contributed by atoms with Crippen molar-refractivity contribution in [1.29, 1.82) is 0 Å². The molecule has 0 aliphatic carbocycles. The first-order valence-electron chi connectivity index (χ1n) is 5.97. The number of carbonyl (C=O) groups excluding carboxylic acids is 1. The highest BCUT2D eigenvalue weighted by atomic mass is 79.9. The van der Waals surface area contributed by atoms with Crippen LogP contribution < -0.4 is 10.2 Å². The molecule has 1 fully saturated rings. The Morgan fingerprint density at radius 1 is 1.35 bits per heavy atom.